The normalized spacial score (nSPS) is 33.7. The molecule has 4 unspecified atom stereocenters. The highest BCUT2D eigenvalue weighted by Gasteiger charge is 2.33. The van der Waals surface area contributed by atoms with Gasteiger partial charge in [-0.25, -0.2) is 4.79 Å². The summed E-state index contributed by atoms with van der Waals surface area (Å²) in [5, 5.41) is 6.88. The van der Waals surface area contributed by atoms with E-state index in [4.69, 9.17) is 4.74 Å². The highest BCUT2D eigenvalue weighted by atomic mass is 16.6. The maximum absolute atomic E-state index is 12.0. The van der Waals surface area contributed by atoms with Crippen LogP contribution in [-0.2, 0) is 4.74 Å². The van der Waals surface area contributed by atoms with Crippen molar-refractivity contribution in [3.05, 3.63) is 0 Å². The van der Waals surface area contributed by atoms with Crippen LogP contribution in [-0.4, -0.2) is 29.8 Å². The lowest BCUT2D eigenvalue weighted by atomic mass is 9.85. The first-order chi connectivity index (χ1) is 9.85. The molecule has 2 fully saturated rings. The third-order valence-corrected chi connectivity index (χ3v) is 4.76. The van der Waals surface area contributed by atoms with Gasteiger partial charge in [-0.05, 0) is 58.8 Å². The van der Waals surface area contributed by atoms with Gasteiger partial charge in [0.2, 0.25) is 0 Å². The van der Waals surface area contributed by atoms with Crippen molar-refractivity contribution in [1.82, 2.24) is 10.6 Å². The lowest BCUT2D eigenvalue weighted by Gasteiger charge is -2.34. The highest BCUT2D eigenvalue weighted by Crippen LogP contribution is 2.27. The number of carbonyl (C=O) groups is 1. The number of alkyl carbamates (subject to hydrolysis) is 1. The second-order valence-electron chi connectivity index (χ2n) is 7.83. The molecule has 4 atom stereocenters. The molecule has 0 aromatic rings. The van der Waals surface area contributed by atoms with Gasteiger partial charge in [-0.1, -0.05) is 19.8 Å². The number of carbonyl (C=O) groups excluding carboxylic acids is 1. The van der Waals surface area contributed by atoms with E-state index in [2.05, 4.69) is 17.6 Å². The maximum Gasteiger partial charge on any atom is 0.407 e. The van der Waals surface area contributed by atoms with Crippen molar-refractivity contribution < 1.29 is 9.53 Å². The summed E-state index contributed by atoms with van der Waals surface area (Å²) in [6, 6.07) is 1.24. The van der Waals surface area contributed by atoms with Crippen molar-refractivity contribution in [2.75, 3.05) is 0 Å². The van der Waals surface area contributed by atoms with Crippen molar-refractivity contribution >= 4 is 6.09 Å². The number of ether oxygens (including phenoxy) is 1. The Balaban J connectivity index is 1.83. The van der Waals surface area contributed by atoms with Crippen LogP contribution < -0.4 is 10.6 Å². The van der Waals surface area contributed by atoms with Gasteiger partial charge >= 0.3 is 6.09 Å². The lowest BCUT2D eigenvalue weighted by molar-refractivity contribution is 0.0495. The lowest BCUT2D eigenvalue weighted by Crippen LogP contribution is -2.52. The molecule has 0 radical (unpaired) electrons. The van der Waals surface area contributed by atoms with Crippen LogP contribution in [0.2, 0.25) is 0 Å². The second-order valence-corrected chi connectivity index (χ2v) is 7.83. The molecule has 2 aliphatic rings. The molecule has 2 aliphatic carbocycles. The van der Waals surface area contributed by atoms with E-state index in [0.29, 0.717) is 12.1 Å². The van der Waals surface area contributed by atoms with Crippen molar-refractivity contribution in [3.63, 3.8) is 0 Å². The molecule has 2 saturated carbocycles. The van der Waals surface area contributed by atoms with Gasteiger partial charge in [0.05, 0.1) is 0 Å². The van der Waals surface area contributed by atoms with Crippen molar-refractivity contribution in [2.45, 2.75) is 96.4 Å². The Morgan fingerprint density at radius 2 is 1.57 bits per heavy atom. The zero-order valence-electron chi connectivity index (χ0n) is 14.1. The van der Waals surface area contributed by atoms with E-state index in [1.54, 1.807) is 0 Å². The summed E-state index contributed by atoms with van der Waals surface area (Å²) in [6.45, 7) is 8.06. The van der Waals surface area contributed by atoms with E-state index in [1.165, 1.54) is 32.1 Å². The summed E-state index contributed by atoms with van der Waals surface area (Å²) in [6.07, 6.45) is 8.41. The van der Waals surface area contributed by atoms with Gasteiger partial charge in [0.15, 0.2) is 0 Å². The zero-order valence-corrected chi connectivity index (χ0v) is 14.1. The molecule has 4 nitrogen and oxygen atoms in total. The van der Waals surface area contributed by atoms with Gasteiger partial charge < -0.3 is 15.4 Å². The van der Waals surface area contributed by atoms with Gasteiger partial charge in [0, 0.05) is 18.1 Å². The van der Waals surface area contributed by atoms with Crippen LogP contribution in [0, 0.1) is 5.92 Å². The molecule has 0 bridgehead atoms. The average Bonchev–Trinajstić information content (AvgIpc) is 2.77. The van der Waals surface area contributed by atoms with E-state index >= 15 is 0 Å². The SMILES string of the molecule is CC1CCCCC1NC1CCCC1NC(=O)OC(C)(C)C. The second kappa shape index (κ2) is 6.99. The third kappa shape index (κ3) is 5.17. The van der Waals surface area contributed by atoms with Crippen molar-refractivity contribution in [1.29, 1.82) is 0 Å². The molecule has 0 spiro atoms. The summed E-state index contributed by atoms with van der Waals surface area (Å²) in [5.74, 6) is 0.751. The van der Waals surface area contributed by atoms with Crippen LogP contribution in [0.1, 0.15) is 72.6 Å². The predicted octanol–water partition coefficient (Wildman–Crippen LogP) is 3.60. The summed E-state index contributed by atoms with van der Waals surface area (Å²) >= 11 is 0. The monoisotopic (exact) mass is 296 g/mol. The highest BCUT2D eigenvalue weighted by molar-refractivity contribution is 5.68. The van der Waals surface area contributed by atoms with Gasteiger partial charge in [0.1, 0.15) is 5.60 Å². The summed E-state index contributed by atoms with van der Waals surface area (Å²) in [7, 11) is 0. The third-order valence-electron chi connectivity index (χ3n) is 4.76. The van der Waals surface area contributed by atoms with E-state index in [1.807, 2.05) is 20.8 Å². The minimum atomic E-state index is -0.427. The molecule has 21 heavy (non-hydrogen) atoms. The minimum absolute atomic E-state index is 0.217. The fraction of sp³-hybridized carbons (Fsp3) is 0.941. The van der Waals surface area contributed by atoms with E-state index in [9.17, 15) is 4.79 Å². The zero-order chi connectivity index (χ0) is 15.5. The summed E-state index contributed by atoms with van der Waals surface area (Å²) < 4.78 is 5.38. The van der Waals surface area contributed by atoms with Gasteiger partial charge in [0.25, 0.3) is 0 Å². The summed E-state index contributed by atoms with van der Waals surface area (Å²) in [5.41, 5.74) is -0.427. The van der Waals surface area contributed by atoms with E-state index in [-0.39, 0.29) is 12.1 Å². The molecule has 1 amide bonds. The Morgan fingerprint density at radius 3 is 2.24 bits per heavy atom. The Morgan fingerprint density at radius 1 is 0.952 bits per heavy atom. The average molecular weight is 296 g/mol. The first kappa shape index (κ1) is 16.6. The molecule has 2 rings (SSSR count). The number of hydrogen-bond acceptors (Lipinski definition) is 3. The van der Waals surface area contributed by atoms with Crippen molar-refractivity contribution in [2.24, 2.45) is 5.92 Å². The quantitative estimate of drug-likeness (QED) is 0.836. The van der Waals surface area contributed by atoms with Gasteiger partial charge in [-0.15, -0.1) is 0 Å². The number of rotatable bonds is 3. The van der Waals surface area contributed by atoms with E-state index < -0.39 is 5.60 Å². The Kier molecular flexibility index (Phi) is 5.53. The fourth-order valence-electron chi connectivity index (χ4n) is 3.63. The molecule has 0 aliphatic heterocycles. The Bertz CT molecular complexity index is 351. The molecule has 0 aromatic carbocycles. The smallest absolute Gasteiger partial charge is 0.407 e. The van der Waals surface area contributed by atoms with Crippen LogP contribution in [0.5, 0.6) is 0 Å². The van der Waals surface area contributed by atoms with Crippen LogP contribution in [0.3, 0.4) is 0 Å². The fourth-order valence-corrected chi connectivity index (χ4v) is 3.63. The minimum Gasteiger partial charge on any atom is -0.444 e. The number of amides is 1. The van der Waals surface area contributed by atoms with Crippen LogP contribution >= 0.6 is 0 Å². The molecular weight excluding hydrogens is 264 g/mol. The van der Waals surface area contributed by atoms with Crippen molar-refractivity contribution in [3.8, 4) is 0 Å². The van der Waals surface area contributed by atoms with Gasteiger partial charge in [-0.3, -0.25) is 0 Å². The topological polar surface area (TPSA) is 50.4 Å². The number of nitrogens with one attached hydrogen (secondary N) is 2. The first-order valence-corrected chi connectivity index (χ1v) is 8.61. The largest absolute Gasteiger partial charge is 0.444 e. The molecular formula is C17H32N2O2. The summed E-state index contributed by atoms with van der Waals surface area (Å²) in [4.78, 5) is 12.0. The van der Waals surface area contributed by atoms with Gasteiger partial charge in [-0.2, -0.15) is 0 Å². The molecule has 0 aromatic heterocycles. The first-order valence-electron chi connectivity index (χ1n) is 8.61. The maximum atomic E-state index is 12.0. The standard InChI is InChI=1S/C17H32N2O2/c1-12-8-5-6-9-13(12)18-14-10-7-11-15(14)19-16(20)21-17(2,3)4/h12-15,18H,5-11H2,1-4H3,(H,19,20). The Hall–Kier alpha value is -0.770. The van der Waals surface area contributed by atoms with Crippen LogP contribution in [0.15, 0.2) is 0 Å². The Labute approximate surface area is 129 Å². The van der Waals surface area contributed by atoms with Crippen LogP contribution in [0.4, 0.5) is 4.79 Å². The van der Waals surface area contributed by atoms with Crippen LogP contribution in [0.25, 0.3) is 0 Å². The molecule has 0 heterocycles. The molecule has 122 valence electrons. The molecule has 0 saturated heterocycles. The molecule has 4 heteroatoms. The molecule has 2 N–H and O–H groups in total. The number of hydrogen-bond donors (Lipinski definition) is 2. The predicted molar refractivity (Wildman–Crippen MR) is 85.4 cm³/mol. The van der Waals surface area contributed by atoms with E-state index in [0.717, 1.165) is 18.8 Å².